The highest BCUT2D eigenvalue weighted by atomic mass is 35.5. The first-order valence-electron chi connectivity index (χ1n) is 19.0. The Bertz CT molecular complexity index is 2330. The fraction of sp³-hybridized carbons (Fsp3) is 0.160. The summed E-state index contributed by atoms with van der Waals surface area (Å²) in [6.07, 6.45) is 8.60. The average molecular weight is 777 g/mol. The maximum absolute atomic E-state index is 11.1. The van der Waals surface area contributed by atoms with Gasteiger partial charge in [0.1, 0.15) is 36.2 Å². The largest absolute Gasteiger partial charge is 0.508 e. The fourth-order valence-electron chi connectivity index (χ4n) is 6.76. The topological polar surface area (TPSA) is 82.1 Å². The molecular formula is C50H45ClO6. The Hall–Kier alpha value is -6.37. The van der Waals surface area contributed by atoms with Crippen LogP contribution in [0.2, 0.25) is 0 Å². The van der Waals surface area contributed by atoms with E-state index in [0.29, 0.717) is 24.7 Å². The Morgan fingerprint density at radius 1 is 0.561 bits per heavy atom. The number of hydrogen-bond acceptors (Lipinski definition) is 6. The van der Waals surface area contributed by atoms with E-state index in [1.165, 1.54) is 52.8 Å². The molecule has 1 N–H and O–H groups in total. The number of esters is 1. The molecule has 57 heavy (non-hydrogen) atoms. The summed E-state index contributed by atoms with van der Waals surface area (Å²) in [6, 6.07) is 48.2. The second-order valence-electron chi connectivity index (χ2n) is 13.6. The monoisotopic (exact) mass is 776 g/mol. The zero-order valence-corrected chi connectivity index (χ0v) is 32.9. The van der Waals surface area contributed by atoms with Gasteiger partial charge in [-0.1, -0.05) is 109 Å². The Labute approximate surface area is 339 Å². The van der Waals surface area contributed by atoms with Gasteiger partial charge < -0.3 is 19.3 Å². The lowest BCUT2D eigenvalue weighted by Gasteiger charge is -2.19. The predicted octanol–water partition coefficient (Wildman–Crippen LogP) is 11.7. The molecule has 2 aliphatic rings. The number of phenols is 1. The molecule has 0 atom stereocenters. The molecular weight excluding hydrogens is 732 g/mol. The molecule has 0 fully saturated rings. The van der Waals surface area contributed by atoms with Gasteiger partial charge in [0.15, 0.2) is 0 Å². The summed E-state index contributed by atoms with van der Waals surface area (Å²) < 4.78 is 17.1. The number of fused-ring (bicyclic) bond motifs is 2. The van der Waals surface area contributed by atoms with Crippen molar-refractivity contribution >= 4 is 34.0 Å². The molecule has 288 valence electrons. The van der Waals surface area contributed by atoms with E-state index in [2.05, 4.69) is 72.3 Å². The van der Waals surface area contributed by atoms with Gasteiger partial charge in [0.05, 0.1) is 0 Å². The summed E-state index contributed by atoms with van der Waals surface area (Å²) in [5.74, 6) is 2.37. The second kappa shape index (κ2) is 20.0. The molecule has 0 unspecified atom stereocenters. The van der Waals surface area contributed by atoms with E-state index < -0.39 is 0 Å². The molecule has 0 aliphatic heterocycles. The maximum Gasteiger partial charge on any atom is 0.308 e. The van der Waals surface area contributed by atoms with Crippen molar-refractivity contribution < 1.29 is 28.9 Å². The molecule has 0 saturated carbocycles. The van der Waals surface area contributed by atoms with E-state index in [9.17, 15) is 14.7 Å². The lowest BCUT2D eigenvalue weighted by Crippen LogP contribution is -2.03. The summed E-state index contributed by atoms with van der Waals surface area (Å²) in [5.41, 5.74) is 12.1. The lowest BCUT2D eigenvalue weighted by molar-refractivity contribution is -0.131. The number of aromatic hydroxyl groups is 1. The van der Waals surface area contributed by atoms with Crippen LogP contribution in [0.25, 0.3) is 11.1 Å². The van der Waals surface area contributed by atoms with Crippen LogP contribution in [0.4, 0.5) is 0 Å². The Balaban J connectivity index is 0.000000177. The minimum absolute atomic E-state index is 0.296. The maximum atomic E-state index is 11.1. The van der Waals surface area contributed by atoms with Gasteiger partial charge in [-0.05, 0) is 141 Å². The van der Waals surface area contributed by atoms with Gasteiger partial charge in [-0.25, -0.2) is 0 Å². The highest BCUT2D eigenvalue weighted by Crippen LogP contribution is 2.36. The molecule has 2 aliphatic carbocycles. The van der Waals surface area contributed by atoms with Crippen LogP contribution in [0.5, 0.6) is 23.0 Å². The van der Waals surface area contributed by atoms with Crippen LogP contribution in [-0.2, 0) is 35.6 Å². The molecule has 0 heterocycles. The van der Waals surface area contributed by atoms with Gasteiger partial charge in [-0.2, -0.15) is 0 Å². The summed E-state index contributed by atoms with van der Waals surface area (Å²) in [7, 11) is 0. The quantitative estimate of drug-likeness (QED) is 0.0894. The number of ether oxygens (including phenoxy) is 3. The lowest BCUT2D eigenvalue weighted by atomic mass is 9.87. The van der Waals surface area contributed by atoms with Crippen molar-refractivity contribution in [1.29, 1.82) is 0 Å². The summed E-state index contributed by atoms with van der Waals surface area (Å²) in [4.78, 5) is 20.3. The molecule has 0 amide bonds. The van der Waals surface area contributed by atoms with Crippen molar-refractivity contribution in [3.63, 3.8) is 0 Å². The van der Waals surface area contributed by atoms with Crippen molar-refractivity contribution in [2.24, 2.45) is 0 Å². The van der Waals surface area contributed by atoms with Gasteiger partial charge in [-0.15, -0.1) is 0 Å². The third kappa shape index (κ3) is 11.8. The van der Waals surface area contributed by atoms with Crippen LogP contribution in [0.1, 0.15) is 71.2 Å². The van der Waals surface area contributed by atoms with Gasteiger partial charge in [-0.3, -0.25) is 9.59 Å². The van der Waals surface area contributed by atoms with E-state index in [1.54, 1.807) is 12.1 Å². The second-order valence-corrected chi connectivity index (χ2v) is 14.2. The first-order valence-corrected chi connectivity index (χ1v) is 19.3. The molecule has 0 bridgehead atoms. The number of aryl methyl sites for hydroxylation is 2. The van der Waals surface area contributed by atoms with Gasteiger partial charge in [0, 0.05) is 13.8 Å². The minimum atomic E-state index is -0.361. The molecule has 0 radical (unpaired) electrons. The molecule has 0 saturated heterocycles. The first kappa shape index (κ1) is 40.3. The fourth-order valence-corrected chi connectivity index (χ4v) is 6.76. The van der Waals surface area contributed by atoms with E-state index in [4.69, 9.17) is 14.2 Å². The van der Waals surface area contributed by atoms with Gasteiger partial charge in [0.2, 0.25) is 5.24 Å². The number of halogens is 1. The first-order chi connectivity index (χ1) is 27.7. The number of rotatable bonds is 9. The summed E-state index contributed by atoms with van der Waals surface area (Å²) >= 11 is 4.64. The van der Waals surface area contributed by atoms with E-state index in [-0.39, 0.29) is 11.2 Å². The zero-order valence-electron chi connectivity index (χ0n) is 32.1. The third-order valence-corrected chi connectivity index (χ3v) is 9.36. The summed E-state index contributed by atoms with van der Waals surface area (Å²) in [5, 5.41) is 9.14. The van der Waals surface area contributed by atoms with E-state index in [1.807, 2.05) is 84.9 Å². The third-order valence-electron chi connectivity index (χ3n) is 9.36. The van der Waals surface area contributed by atoms with Crippen LogP contribution < -0.4 is 14.2 Å². The van der Waals surface area contributed by atoms with Crippen molar-refractivity contribution in [2.45, 2.75) is 52.7 Å². The van der Waals surface area contributed by atoms with Crippen LogP contribution in [0.3, 0.4) is 0 Å². The predicted molar refractivity (Wildman–Crippen MR) is 228 cm³/mol. The van der Waals surface area contributed by atoms with Gasteiger partial charge >= 0.3 is 5.97 Å². The summed E-state index contributed by atoms with van der Waals surface area (Å²) in [6.45, 7) is 3.85. The number of carbonyl (C=O) groups is 2. The smallest absolute Gasteiger partial charge is 0.308 e. The Morgan fingerprint density at radius 2 is 0.965 bits per heavy atom. The van der Waals surface area contributed by atoms with Crippen LogP contribution in [0, 0.1) is 0 Å². The molecule has 6 nitrogen and oxygen atoms in total. The molecule has 6 aromatic rings. The standard InChI is InChI=1S/C25H22O3.C23H20O2.C2H3ClO/c1-18(26)28-22-12-10-20(11-13-22)24-9-5-8-21-16-23(14-15-25(21)24)27-17-19-6-3-2-4-7-19;24-20-11-9-18(10-12-20)22-8-4-7-19-15-21(13-14-23(19)22)25-16-17-5-2-1-3-6-17;1-2(3)4/h2-4,6-7,9-16H,5,8,17H2,1H3;1-3,5-6,8-15,24H,4,7,16H2;1H3. The number of phenolic OH excluding ortho intramolecular Hbond substituents is 1. The minimum Gasteiger partial charge on any atom is -0.508 e. The van der Waals surface area contributed by atoms with Crippen molar-refractivity contribution in [1.82, 2.24) is 0 Å². The van der Waals surface area contributed by atoms with E-state index >= 15 is 0 Å². The molecule has 7 heteroatoms. The molecule has 0 aromatic heterocycles. The SMILES string of the molecule is CC(=O)Cl.CC(=O)Oc1ccc(C2=CCCc3cc(OCc4ccccc4)ccc32)cc1.Oc1ccc(C2=CCCc3cc(OCc4ccccc4)ccc32)cc1. The number of hydrogen-bond donors (Lipinski definition) is 1. The van der Waals surface area contributed by atoms with Crippen molar-refractivity contribution in [3.8, 4) is 23.0 Å². The molecule has 0 spiro atoms. The van der Waals surface area contributed by atoms with Crippen LogP contribution in [0.15, 0.2) is 158 Å². The van der Waals surface area contributed by atoms with Gasteiger partial charge in [0.25, 0.3) is 0 Å². The molecule has 6 aromatic carbocycles. The van der Waals surface area contributed by atoms with E-state index in [0.717, 1.165) is 53.9 Å². The number of benzene rings is 6. The Morgan fingerprint density at radius 3 is 1.39 bits per heavy atom. The van der Waals surface area contributed by atoms with Crippen LogP contribution >= 0.6 is 11.6 Å². The van der Waals surface area contributed by atoms with Crippen LogP contribution in [-0.4, -0.2) is 16.3 Å². The highest BCUT2D eigenvalue weighted by molar-refractivity contribution is 6.62. The highest BCUT2D eigenvalue weighted by Gasteiger charge is 2.17. The normalized spacial score (nSPS) is 12.4. The molecule has 8 rings (SSSR count). The average Bonchev–Trinajstić information content (AvgIpc) is 3.23. The zero-order chi connectivity index (χ0) is 40.0. The number of carbonyl (C=O) groups excluding carboxylic acids is 2. The van der Waals surface area contributed by atoms with Crippen molar-refractivity contribution in [3.05, 3.63) is 202 Å². The van der Waals surface area contributed by atoms with Crippen molar-refractivity contribution in [2.75, 3.05) is 0 Å². The Kier molecular flexibility index (Phi) is 14.1. The number of allylic oxidation sites excluding steroid dienone is 2.